The topological polar surface area (TPSA) is 26.0 Å². The molecule has 1 rings (SSSR count). The van der Waals surface area contributed by atoms with Gasteiger partial charge in [0.25, 0.3) is 0 Å². The van der Waals surface area contributed by atoms with Crippen molar-refractivity contribution >= 4 is 0 Å². The number of rotatable bonds is 3. The van der Waals surface area contributed by atoms with Gasteiger partial charge in [-0.25, -0.2) is 0 Å². The monoisotopic (exact) mass is 163 g/mol. The Morgan fingerprint density at radius 3 is 2.00 bits per heavy atom. The number of benzene rings is 1. The van der Waals surface area contributed by atoms with Gasteiger partial charge in [-0.05, 0) is 18.4 Å². The van der Waals surface area contributed by atoms with E-state index in [2.05, 4.69) is 26.0 Å². The fourth-order valence-electron chi connectivity index (χ4n) is 1.43. The number of hydrogen-bond acceptors (Lipinski definition) is 1. The molecule has 1 aromatic rings. The van der Waals surface area contributed by atoms with Crippen LogP contribution in [0.5, 0.6) is 0 Å². The lowest BCUT2D eigenvalue weighted by atomic mass is 9.86. The summed E-state index contributed by atoms with van der Waals surface area (Å²) in [7, 11) is 0. The maximum atomic E-state index is 6.22. The van der Waals surface area contributed by atoms with Crippen molar-refractivity contribution < 1.29 is 0 Å². The van der Waals surface area contributed by atoms with E-state index < -0.39 is 0 Å². The third-order valence-electron chi connectivity index (χ3n) is 2.61. The van der Waals surface area contributed by atoms with Crippen LogP contribution in [0.4, 0.5) is 0 Å². The van der Waals surface area contributed by atoms with Gasteiger partial charge in [-0.15, -0.1) is 0 Å². The molecule has 0 aliphatic heterocycles. The van der Waals surface area contributed by atoms with Crippen LogP contribution in [0.3, 0.4) is 0 Å². The van der Waals surface area contributed by atoms with Gasteiger partial charge in [0.05, 0.1) is 0 Å². The van der Waals surface area contributed by atoms with E-state index >= 15 is 0 Å². The molecule has 0 atom stereocenters. The summed E-state index contributed by atoms with van der Waals surface area (Å²) in [4.78, 5) is 0. The first-order valence-corrected chi connectivity index (χ1v) is 4.57. The van der Waals surface area contributed by atoms with Crippen LogP contribution < -0.4 is 5.73 Å². The molecule has 1 heteroatoms. The Balaban J connectivity index is 2.95. The second-order valence-corrected chi connectivity index (χ2v) is 3.23. The van der Waals surface area contributed by atoms with E-state index in [0.717, 1.165) is 12.8 Å². The third kappa shape index (κ3) is 1.67. The summed E-state index contributed by atoms with van der Waals surface area (Å²) in [6.07, 6.45) is 1.99. The molecule has 12 heavy (non-hydrogen) atoms. The predicted molar refractivity (Wildman–Crippen MR) is 52.9 cm³/mol. The molecule has 0 aromatic heterocycles. The van der Waals surface area contributed by atoms with Gasteiger partial charge < -0.3 is 5.73 Å². The molecule has 1 aromatic carbocycles. The SMILES string of the molecule is CCC(N)(CC)c1ccccc1. The molecule has 0 spiro atoms. The van der Waals surface area contributed by atoms with Crippen molar-refractivity contribution in [2.45, 2.75) is 32.2 Å². The molecule has 0 heterocycles. The Bertz CT molecular complexity index is 224. The molecule has 0 radical (unpaired) electrons. The van der Waals surface area contributed by atoms with Crippen molar-refractivity contribution in [2.24, 2.45) is 5.73 Å². The largest absolute Gasteiger partial charge is 0.321 e. The summed E-state index contributed by atoms with van der Waals surface area (Å²) in [5.41, 5.74) is 7.34. The van der Waals surface area contributed by atoms with Crippen LogP contribution in [-0.2, 0) is 5.54 Å². The Morgan fingerprint density at radius 1 is 1.08 bits per heavy atom. The summed E-state index contributed by atoms with van der Waals surface area (Å²) < 4.78 is 0. The van der Waals surface area contributed by atoms with Gasteiger partial charge in [0.1, 0.15) is 0 Å². The fourth-order valence-corrected chi connectivity index (χ4v) is 1.43. The van der Waals surface area contributed by atoms with Gasteiger partial charge in [-0.1, -0.05) is 44.2 Å². The quantitative estimate of drug-likeness (QED) is 0.728. The maximum absolute atomic E-state index is 6.22. The lowest BCUT2D eigenvalue weighted by Crippen LogP contribution is -2.34. The number of nitrogens with two attached hydrogens (primary N) is 1. The molecule has 0 unspecified atom stereocenters. The summed E-state index contributed by atoms with van der Waals surface area (Å²) in [5.74, 6) is 0. The second-order valence-electron chi connectivity index (χ2n) is 3.23. The molecule has 2 N–H and O–H groups in total. The zero-order valence-electron chi connectivity index (χ0n) is 7.88. The molecule has 0 aliphatic rings. The van der Waals surface area contributed by atoms with E-state index in [-0.39, 0.29) is 5.54 Å². The van der Waals surface area contributed by atoms with Gasteiger partial charge in [0.2, 0.25) is 0 Å². The van der Waals surface area contributed by atoms with Crippen molar-refractivity contribution in [1.82, 2.24) is 0 Å². The lowest BCUT2D eigenvalue weighted by molar-refractivity contribution is 0.413. The molecule has 0 bridgehead atoms. The molecule has 1 nitrogen and oxygen atoms in total. The van der Waals surface area contributed by atoms with E-state index in [1.54, 1.807) is 0 Å². The molecule has 0 aliphatic carbocycles. The highest BCUT2D eigenvalue weighted by molar-refractivity contribution is 5.23. The van der Waals surface area contributed by atoms with E-state index in [4.69, 9.17) is 5.73 Å². The zero-order valence-corrected chi connectivity index (χ0v) is 7.88. The van der Waals surface area contributed by atoms with E-state index in [9.17, 15) is 0 Å². The first-order valence-electron chi connectivity index (χ1n) is 4.57. The summed E-state index contributed by atoms with van der Waals surface area (Å²) >= 11 is 0. The van der Waals surface area contributed by atoms with Crippen LogP contribution in [0, 0.1) is 0 Å². The number of hydrogen-bond donors (Lipinski definition) is 1. The Labute approximate surface area is 74.6 Å². The molecule has 0 saturated carbocycles. The van der Waals surface area contributed by atoms with Gasteiger partial charge in [0, 0.05) is 5.54 Å². The van der Waals surface area contributed by atoms with Gasteiger partial charge in [0.15, 0.2) is 0 Å². The van der Waals surface area contributed by atoms with Crippen molar-refractivity contribution in [1.29, 1.82) is 0 Å². The molecular weight excluding hydrogens is 146 g/mol. The average Bonchev–Trinajstić information content (AvgIpc) is 2.18. The van der Waals surface area contributed by atoms with E-state index in [1.165, 1.54) is 5.56 Å². The first-order chi connectivity index (χ1) is 5.73. The standard InChI is InChI=1S/C11H17N/c1-3-11(12,4-2)10-8-6-5-7-9-10/h5-9H,3-4,12H2,1-2H3. The molecule has 0 amide bonds. The fraction of sp³-hybridized carbons (Fsp3) is 0.455. The van der Waals surface area contributed by atoms with Crippen LogP contribution in [0.2, 0.25) is 0 Å². The second kappa shape index (κ2) is 3.72. The minimum Gasteiger partial charge on any atom is -0.321 e. The molecule has 0 fully saturated rings. The highest BCUT2D eigenvalue weighted by Gasteiger charge is 2.21. The average molecular weight is 163 g/mol. The maximum Gasteiger partial charge on any atom is 0.0404 e. The van der Waals surface area contributed by atoms with Crippen LogP contribution in [0.25, 0.3) is 0 Å². The lowest BCUT2D eigenvalue weighted by Gasteiger charge is -2.27. The van der Waals surface area contributed by atoms with Gasteiger partial charge in [-0.3, -0.25) is 0 Å². The van der Waals surface area contributed by atoms with Crippen LogP contribution in [-0.4, -0.2) is 0 Å². The van der Waals surface area contributed by atoms with Crippen molar-refractivity contribution in [3.63, 3.8) is 0 Å². The summed E-state index contributed by atoms with van der Waals surface area (Å²) in [6.45, 7) is 4.27. The Morgan fingerprint density at radius 2 is 1.58 bits per heavy atom. The van der Waals surface area contributed by atoms with Crippen LogP contribution in [0.15, 0.2) is 30.3 Å². The van der Waals surface area contributed by atoms with Crippen molar-refractivity contribution in [3.05, 3.63) is 35.9 Å². The van der Waals surface area contributed by atoms with E-state index in [1.807, 2.05) is 18.2 Å². The predicted octanol–water partition coefficient (Wildman–Crippen LogP) is 2.66. The normalized spacial score (nSPS) is 11.6. The zero-order chi connectivity index (χ0) is 9.03. The first kappa shape index (κ1) is 9.27. The Kier molecular flexibility index (Phi) is 2.88. The molecule has 66 valence electrons. The van der Waals surface area contributed by atoms with Crippen molar-refractivity contribution in [2.75, 3.05) is 0 Å². The summed E-state index contributed by atoms with van der Waals surface area (Å²) in [5, 5.41) is 0. The minimum atomic E-state index is -0.124. The third-order valence-corrected chi connectivity index (χ3v) is 2.61. The molecular formula is C11H17N. The van der Waals surface area contributed by atoms with E-state index in [0.29, 0.717) is 0 Å². The van der Waals surface area contributed by atoms with Gasteiger partial charge >= 0.3 is 0 Å². The van der Waals surface area contributed by atoms with Gasteiger partial charge in [-0.2, -0.15) is 0 Å². The van der Waals surface area contributed by atoms with Crippen molar-refractivity contribution in [3.8, 4) is 0 Å². The smallest absolute Gasteiger partial charge is 0.0404 e. The van der Waals surface area contributed by atoms with Crippen LogP contribution in [0.1, 0.15) is 32.3 Å². The summed E-state index contributed by atoms with van der Waals surface area (Å²) in [6, 6.07) is 10.3. The highest BCUT2D eigenvalue weighted by atomic mass is 14.7. The molecule has 0 saturated heterocycles. The Hall–Kier alpha value is -0.820. The minimum absolute atomic E-state index is 0.124. The van der Waals surface area contributed by atoms with Crippen LogP contribution >= 0.6 is 0 Å². The highest BCUT2D eigenvalue weighted by Crippen LogP contribution is 2.24.